The highest BCUT2D eigenvalue weighted by Gasteiger charge is 2.34. The molecule has 0 spiro atoms. The van der Waals surface area contributed by atoms with Crippen molar-refractivity contribution in [2.45, 2.75) is 45.3 Å². The van der Waals surface area contributed by atoms with Crippen LogP contribution >= 0.6 is 22.9 Å². The second-order valence-corrected chi connectivity index (χ2v) is 10.6. The van der Waals surface area contributed by atoms with Crippen molar-refractivity contribution < 1.29 is 19.1 Å². The molecule has 37 heavy (non-hydrogen) atoms. The molecule has 2 N–H and O–H groups in total. The fourth-order valence-electron chi connectivity index (χ4n) is 3.64. The summed E-state index contributed by atoms with van der Waals surface area (Å²) in [5.41, 5.74) is 0.893. The number of methoxy groups -OCH3 is 1. The maximum atomic E-state index is 13.8. The zero-order valence-electron chi connectivity index (χ0n) is 21.4. The highest BCUT2D eigenvalue weighted by atomic mass is 35.5. The van der Waals surface area contributed by atoms with Crippen LogP contribution in [-0.2, 0) is 16.1 Å². The smallest absolute Gasteiger partial charge is 0.261 e. The largest absolute Gasteiger partial charge is 0.497 e. The van der Waals surface area contributed by atoms with E-state index in [2.05, 4.69) is 10.6 Å². The van der Waals surface area contributed by atoms with Gasteiger partial charge in [-0.3, -0.25) is 14.4 Å². The molecule has 3 rings (SSSR count). The van der Waals surface area contributed by atoms with Gasteiger partial charge in [-0.25, -0.2) is 0 Å². The van der Waals surface area contributed by atoms with Crippen LogP contribution in [0.3, 0.4) is 0 Å². The lowest BCUT2D eigenvalue weighted by Crippen LogP contribution is -2.51. The molecule has 3 amide bonds. The van der Waals surface area contributed by atoms with Crippen molar-refractivity contribution in [2.24, 2.45) is 0 Å². The summed E-state index contributed by atoms with van der Waals surface area (Å²) >= 11 is 7.36. The topological polar surface area (TPSA) is 87.7 Å². The highest BCUT2D eigenvalue weighted by Crippen LogP contribution is 2.28. The Bertz CT molecular complexity index is 1210. The molecule has 0 aliphatic heterocycles. The van der Waals surface area contributed by atoms with E-state index >= 15 is 0 Å². The predicted octanol–water partition coefficient (Wildman–Crippen LogP) is 5.21. The Balaban J connectivity index is 2.00. The summed E-state index contributed by atoms with van der Waals surface area (Å²) in [5, 5.41) is 8.13. The lowest BCUT2D eigenvalue weighted by atomic mass is 9.98. The van der Waals surface area contributed by atoms with Crippen LogP contribution in [0.4, 0.5) is 0 Å². The molecule has 7 nitrogen and oxygen atoms in total. The van der Waals surface area contributed by atoms with Gasteiger partial charge < -0.3 is 20.3 Å². The number of carbonyl (C=O) groups excluding carboxylic acids is 3. The van der Waals surface area contributed by atoms with Crippen LogP contribution in [0.1, 0.15) is 54.0 Å². The summed E-state index contributed by atoms with van der Waals surface area (Å²) in [5.74, 6) is -0.511. The summed E-state index contributed by atoms with van der Waals surface area (Å²) in [6.07, 6.45) is 0.700. The summed E-state index contributed by atoms with van der Waals surface area (Å²) in [6, 6.07) is 16.7. The van der Waals surface area contributed by atoms with Crippen LogP contribution < -0.4 is 15.4 Å². The molecule has 1 unspecified atom stereocenters. The fourth-order valence-corrected chi connectivity index (χ4v) is 4.40. The Labute approximate surface area is 226 Å². The van der Waals surface area contributed by atoms with Gasteiger partial charge in [0.15, 0.2) is 0 Å². The zero-order chi connectivity index (χ0) is 27.0. The standard InChI is InChI=1S/C28H32ClN3O4S/c1-5-28(2,3)31-27(35)25(20-8-6-9-22(16-20)36-4)32(18-19-11-13-21(29)14-12-19)24(33)17-30-26(34)23-10-7-15-37-23/h6-16,25H,5,17-18H2,1-4H3,(H,30,34)(H,31,35). The van der Waals surface area contributed by atoms with Gasteiger partial charge in [-0.2, -0.15) is 0 Å². The molecule has 0 saturated heterocycles. The number of nitrogens with one attached hydrogen (secondary N) is 2. The molecule has 0 aliphatic carbocycles. The molecule has 0 bridgehead atoms. The van der Waals surface area contributed by atoms with Gasteiger partial charge in [-0.1, -0.05) is 48.9 Å². The lowest BCUT2D eigenvalue weighted by Gasteiger charge is -2.35. The number of thiophene rings is 1. The van der Waals surface area contributed by atoms with E-state index in [9.17, 15) is 14.4 Å². The number of carbonyl (C=O) groups is 3. The first-order valence-electron chi connectivity index (χ1n) is 11.9. The van der Waals surface area contributed by atoms with Gasteiger partial charge in [-0.15, -0.1) is 11.3 Å². The molecule has 1 aromatic heterocycles. The molecule has 196 valence electrons. The van der Waals surface area contributed by atoms with Gasteiger partial charge in [0.1, 0.15) is 11.8 Å². The SMILES string of the molecule is CCC(C)(C)NC(=O)C(c1cccc(OC)c1)N(Cc1ccc(Cl)cc1)C(=O)CNC(=O)c1cccs1. The quantitative estimate of drug-likeness (QED) is 0.348. The third-order valence-corrected chi connectivity index (χ3v) is 7.17. The van der Waals surface area contributed by atoms with Crippen molar-refractivity contribution in [3.63, 3.8) is 0 Å². The van der Waals surface area contributed by atoms with Crippen LogP contribution in [-0.4, -0.2) is 41.8 Å². The van der Waals surface area contributed by atoms with Crippen LogP contribution in [0.5, 0.6) is 5.75 Å². The predicted molar refractivity (Wildman–Crippen MR) is 147 cm³/mol. The summed E-state index contributed by atoms with van der Waals surface area (Å²) in [4.78, 5) is 42.0. The number of hydrogen-bond donors (Lipinski definition) is 2. The maximum Gasteiger partial charge on any atom is 0.261 e. The van der Waals surface area contributed by atoms with Crippen LogP contribution in [0.25, 0.3) is 0 Å². The van der Waals surface area contributed by atoms with Crippen LogP contribution in [0.2, 0.25) is 5.02 Å². The maximum absolute atomic E-state index is 13.8. The average molecular weight is 542 g/mol. The second kappa shape index (κ2) is 12.7. The first-order valence-corrected chi connectivity index (χ1v) is 13.2. The Hall–Kier alpha value is -3.36. The van der Waals surface area contributed by atoms with E-state index in [4.69, 9.17) is 16.3 Å². The number of nitrogens with zero attached hydrogens (tertiary/aromatic N) is 1. The minimum atomic E-state index is -0.970. The van der Waals surface area contributed by atoms with Crippen molar-refractivity contribution >= 4 is 40.7 Å². The van der Waals surface area contributed by atoms with Gasteiger partial charge in [0.2, 0.25) is 11.8 Å². The molecule has 0 aliphatic rings. The Morgan fingerprint density at radius 2 is 1.81 bits per heavy atom. The molecule has 0 radical (unpaired) electrons. The Kier molecular flexibility index (Phi) is 9.72. The first-order chi connectivity index (χ1) is 17.6. The average Bonchev–Trinajstić information content (AvgIpc) is 3.43. The normalized spacial score (nSPS) is 11.9. The molecule has 1 atom stereocenters. The van der Waals surface area contributed by atoms with Crippen LogP contribution in [0, 0.1) is 0 Å². The number of amides is 3. The molecule has 1 heterocycles. The first kappa shape index (κ1) is 28.2. The Morgan fingerprint density at radius 3 is 2.43 bits per heavy atom. The molecular weight excluding hydrogens is 510 g/mol. The van der Waals surface area contributed by atoms with Crippen molar-refractivity contribution in [1.29, 1.82) is 0 Å². The Morgan fingerprint density at radius 1 is 1.08 bits per heavy atom. The third-order valence-electron chi connectivity index (χ3n) is 6.05. The van der Waals surface area contributed by atoms with E-state index in [0.717, 1.165) is 5.56 Å². The summed E-state index contributed by atoms with van der Waals surface area (Å²) < 4.78 is 5.39. The second-order valence-electron chi connectivity index (χ2n) is 9.21. The minimum Gasteiger partial charge on any atom is -0.497 e. The van der Waals surface area contributed by atoms with E-state index in [0.29, 0.717) is 27.6 Å². The number of rotatable bonds is 11. The summed E-state index contributed by atoms with van der Waals surface area (Å²) in [6.45, 7) is 5.71. The van der Waals surface area contributed by atoms with E-state index in [1.807, 2.05) is 32.9 Å². The van der Waals surface area contributed by atoms with Gasteiger partial charge in [0.05, 0.1) is 18.5 Å². The van der Waals surface area contributed by atoms with Crippen molar-refractivity contribution in [1.82, 2.24) is 15.5 Å². The minimum absolute atomic E-state index is 0.132. The van der Waals surface area contributed by atoms with Crippen molar-refractivity contribution in [2.75, 3.05) is 13.7 Å². The summed E-state index contributed by atoms with van der Waals surface area (Å²) in [7, 11) is 1.55. The molecule has 9 heteroatoms. The van der Waals surface area contributed by atoms with Crippen molar-refractivity contribution in [3.8, 4) is 5.75 Å². The fraction of sp³-hybridized carbons (Fsp3) is 0.321. The lowest BCUT2D eigenvalue weighted by molar-refractivity contribution is -0.141. The number of benzene rings is 2. The number of ether oxygens (including phenoxy) is 1. The van der Waals surface area contributed by atoms with E-state index < -0.39 is 17.5 Å². The number of hydrogen-bond acceptors (Lipinski definition) is 5. The molecule has 0 saturated carbocycles. The zero-order valence-corrected chi connectivity index (χ0v) is 23.0. The molecule has 0 fully saturated rings. The third kappa shape index (κ3) is 7.81. The van der Waals surface area contributed by atoms with E-state index in [1.54, 1.807) is 61.0 Å². The van der Waals surface area contributed by atoms with Gasteiger partial charge in [-0.05, 0) is 67.1 Å². The van der Waals surface area contributed by atoms with E-state index in [1.165, 1.54) is 16.2 Å². The number of halogens is 1. The van der Waals surface area contributed by atoms with Crippen molar-refractivity contribution in [3.05, 3.63) is 87.1 Å². The van der Waals surface area contributed by atoms with Crippen LogP contribution in [0.15, 0.2) is 66.0 Å². The molecule has 3 aromatic rings. The highest BCUT2D eigenvalue weighted by molar-refractivity contribution is 7.12. The molecule has 2 aromatic carbocycles. The van der Waals surface area contributed by atoms with Gasteiger partial charge >= 0.3 is 0 Å². The van der Waals surface area contributed by atoms with Gasteiger partial charge in [0, 0.05) is 17.1 Å². The van der Waals surface area contributed by atoms with Gasteiger partial charge in [0.25, 0.3) is 5.91 Å². The molecular formula is C28H32ClN3O4S. The monoisotopic (exact) mass is 541 g/mol. The van der Waals surface area contributed by atoms with E-state index in [-0.39, 0.29) is 24.9 Å².